The zero-order chi connectivity index (χ0) is 23.1. The molecule has 0 aliphatic heterocycles. The molecule has 2 aliphatic rings. The van der Waals surface area contributed by atoms with Crippen molar-refractivity contribution in [1.82, 2.24) is 4.90 Å². The van der Waals surface area contributed by atoms with Gasteiger partial charge >= 0.3 is 12.2 Å². The summed E-state index contributed by atoms with van der Waals surface area (Å²) in [7, 11) is 2.92. The third-order valence-electron chi connectivity index (χ3n) is 5.46. The number of hydrogen-bond donors (Lipinski definition) is 0. The van der Waals surface area contributed by atoms with Crippen molar-refractivity contribution in [3.63, 3.8) is 0 Å². The van der Waals surface area contributed by atoms with Gasteiger partial charge in [-0.2, -0.15) is 0 Å². The molecule has 1 radical (unpaired) electrons. The summed E-state index contributed by atoms with van der Waals surface area (Å²) in [5.74, 6) is -1.94. The van der Waals surface area contributed by atoms with Crippen molar-refractivity contribution in [3.05, 3.63) is 54.1 Å². The number of carbonyl (C=O) groups excluding carboxylic acids is 4. The Kier molecular flexibility index (Phi) is 7.45. The Labute approximate surface area is 186 Å². The van der Waals surface area contributed by atoms with E-state index in [1.807, 2.05) is 0 Å². The van der Waals surface area contributed by atoms with Crippen LogP contribution in [0.3, 0.4) is 0 Å². The molecule has 1 aromatic carbocycles. The van der Waals surface area contributed by atoms with Gasteiger partial charge in [0, 0.05) is 14.1 Å². The fourth-order valence-electron chi connectivity index (χ4n) is 3.73. The van der Waals surface area contributed by atoms with Crippen molar-refractivity contribution in [3.8, 4) is 5.75 Å². The van der Waals surface area contributed by atoms with Gasteiger partial charge in [-0.05, 0) is 43.9 Å². The molecule has 0 N–H and O–H groups in total. The van der Waals surface area contributed by atoms with Crippen molar-refractivity contribution in [2.75, 3.05) is 14.1 Å². The molecule has 8 nitrogen and oxygen atoms in total. The first kappa shape index (κ1) is 23.2. The summed E-state index contributed by atoms with van der Waals surface area (Å²) in [5.41, 5.74) is -2.00. The normalized spacial score (nSPS) is 22.6. The summed E-state index contributed by atoms with van der Waals surface area (Å²) >= 11 is 0. The second kappa shape index (κ2) is 10.3. The van der Waals surface area contributed by atoms with Crippen LogP contribution in [0.1, 0.15) is 42.5 Å². The predicted molar refractivity (Wildman–Crippen MR) is 115 cm³/mol. The average molecular weight is 440 g/mol. The lowest BCUT2D eigenvalue weighted by atomic mass is 9.78. The van der Waals surface area contributed by atoms with E-state index in [-0.39, 0.29) is 17.4 Å². The van der Waals surface area contributed by atoms with E-state index < -0.39 is 29.6 Å². The van der Waals surface area contributed by atoms with E-state index in [0.29, 0.717) is 0 Å². The van der Waals surface area contributed by atoms with Crippen LogP contribution in [0, 0.1) is 5.92 Å². The number of ether oxygens (including phenoxy) is 3. The molecule has 1 aromatic rings. The first-order valence-corrected chi connectivity index (χ1v) is 10.5. The number of rotatable bonds is 6. The molecular weight excluding hydrogens is 414 g/mol. The summed E-state index contributed by atoms with van der Waals surface area (Å²) < 4.78 is 16.2. The minimum atomic E-state index is -1.97. The summed E-state index contributed by atoms with van der Waals surface area (Å²) in [5, 5.41) is 0. The number of carbonyl (C=O) groups is 3. The Morgan fingerprint density at radius 1 is 1.06 bits per heavy atom. The Bertz CT molecular complexity index is 930. The minimum absolute atomic E-state index is 0.0279. The largest absolute Gasteiger partial charge is 0.514 e. The molecule has 1 saturated carbocycles. The van der Waals surface area contributed by atoms with Gasteiger partial charge in [-0.25, -0.2) is 9.59 Å². The van der Waals surface area contributed by atoms with E-state index in [0.717, 1.165) is 37.0 Å². The standard InChI is InChI=1S/C24H26NO7/c1-25(2)22(28)32-24(15-9-8-10-17(24)16-26)21(27)19-13-6-7-14-20(19)31-23(29)30-18-11-4-3-5-12-18/h6-10,13-15,17-18H,3-5,11-12H2,1-2H3. The highest BCUT2D eigenvalue weighted by Gasteiger charge is 2.49. The van der Waals surface area contributed by atoms with Gasteiger partial charge in [0.2, 0.25) is 17.7 Å². The van der Waals surface area contributed by atoms with Gasteiger partial charge in [0.15, 0.2) is 0 Å². The van der Waals surface area contributed by atoms with Crippen molar-refractivity contribution in [2.45, 2.75) is 43.8 Å². The van der Waals surface area contributed by atoms with Crippen LogP contribution in [-0.4, -0.2) is 55.0 Å². The molecule has 2 atom stereocenters. The van der Waals surface area contributed by atoms with Crippen LogP contribution < -0.4 is 4.74 Å². The van der Waals surface area contributed by atoms with Crippen molar-refractivity contribution < 1.29 is 33.4 Å². The smallest absolute Gasteiger partial charge is 0.431 e. The van der Waals surface area contributed by atoms with E-state index in [4.69, 9.17) is 14.2 Å². The third-order valence-corrected chi connectivity index (χ3v) is 5.46. The van der Waals surface area contributed by atoms with Gasteiger partial charge in [0.05, 0.1) is 11.5 Å². The maximum Gasteiger partial charge on any atom is 0.514 e. The Hall–Kier alpha value is -3.42. The molecule has 2 unspecified atom stereocenters. The molecule has 0 saturated heterocycles. The van der Waals surface area contributed by atoms with Crippen LogP contribution >= 0.6 is 0 Å². The highest BCUT2D eigenvalue weighted by molar-refractivity contribution is 6.09. The monoisotopic (exact) mass is 440 g/mol. The maximum absolute atomic E-state index is 13.6. The van der Waals surface area contributed by atoms with Gasteiger partial charge in [0.1, 0.15) is 11.9 Å². The number of allylic oxidation sites excluding steroid dienone is 2. The fourth-order valence-corrected chi connectivity index (χ4v) is 3.73. The first-order valence-electron chi connectivity index (χ1n) is 10.5. The van der Waals surface area contributed by atoms with Gasteiger partial charge < -0.3 is 19.1 Å². The first-order chi connectivity index (χ1) is 15.4. The molecule has 0 spiro atoms. The molecule has 32 heavy (non-hydrogen) atoms. The number of Topliss-reactive ketones (excluding diaryl/α,β-unsaturated/α-hetero) is 1. The molecule has 0 bridgehead atoms. The summed E-state index contributed by atoms with van der Waals surface area (Å²) in [6.45, 7) is 0. The Balaban J connectivity index is 1.89. The topological polar surface area (TPSA) is 99.2 Å². The second-order valence-corrected chi connectivity index (χ2v) is 7.95. The molecule has 2 aliphatic carbocycles. The Morgan fingerprint density at radius 2 is 1.78 bits per heavy atom. The van der Waals surface area contributed by atoms with Crippen molar-refractivity contribution in [1.29, 1.82) is 0 Å². The SMILES string of the molecule is CN(C)C(=O)OC1(C(=O)c2ccccc2OC(=O)OC2CCCCC2)C=CC=CC1[C]=O. The Morgan fingerprint density at radius 3 is 2.47 bits per heavy atom. The van der Waals surface area contributed by atoms with Crippen LogP contribution in [0.5, 0.6) is 5.75 Å². The van der Waals surface area contributed by atoms with Gasteiger partial charge in [-0.3, -0.25) is 9.59 Å². The number of hydrogen-bond acceptors (Lipinski definition) is 7. The maximum atomic E-state index is 13.6. The molecule has 0 heterocycles. The predicted octanol–water partition coefficient (Wildman–Crippen LogP) is 4.01. The molecule has 3 rings (SSSR count). The molecule has 1 fully saturated rings. The van der Waals surface area contributed by atoms with Crippen LogP contribution in [-0.2, 0) is 14.3 Å². The van der Waals surface area contributed by atoms with Crippen LogP contribution in [0.15, 0.2) is 48.6 Å². The van der Waals surface area contributed by atoms with E-state index in [1.165, 1.54) is 44.5 Å². The second-order valence-electron chi connectivity index (χ2n) is 7.95. The molecular formula is C24H26NO7. The zero-order valence-electron chi connectivity index (χ0n) is 18.1. The fraction of sp³-hybridized carbons (Fsp3) is 0.417. The van der Waals surface area contributed by atoms with Crippen molar-refractivity contribution in [2.24, 2.45) is 5.92 Å². The molecule has 0 aromatic heterocycles. The molecule has 8 heteroatoms. The lowest BCUT2D eigenvalue weighted by Gasteiger charge is -2.34. The van der Waals surface area contributed by atoms with Crippen molar-refractivity contribution >= 4 is 24.3 Å². The zero-order valence-corrected chi connectivity index (χ0v) is 18.1. The summed E-state index contributed by atoms with van der Waals surface area (Å²) in [4.78, 5) is 51.2. The summed E-state index contributed by atoms with van der Waals surface area (Å²) in [6, 6.07) is 6.05. The lowest BCUT2D eigenvalue weighted by molar-refractivity contribution is 0.0171. The molecule has 1 amide bonds. The number of ketones is 1. The van der Waals surface area contributed by atoms with E-state index in [2.05, 4.69) is 0 Å². The van der Waals surface area contributed by atoms with Crippen LogP contribution in [0.4, 0.5) is 9.59 Å². The number of nitrogens with zero attached hydrogens (tertiary/aromatic N) is 1. The average Bonchev–Trinajstić information content (AvgIpc) is 2.79. The lowest BCUT2D eigenvalue weighted by Crippen LogP contribution is -2.50. The highest BCUT2D eigenvalue weighted by Crippen LogP contribution is 2.35. The van der Waals surface area contributed by atoms with Gasteiger partial charge in [-0.15, -0.1) is 0 Å². The summed E-state index contributed by atoms with van der Waals surface area (Å²) in [6.07, 6.45) is 10.3. The molecule has 169 valence electrons. The highest BCUT2D eigenvalue weighted by atomic mass is 16.7. The number of benzene rings is 1. The van der Waals surface area contributed by atoms with E-state index >= 15 is 0 Å². The van der Waals surface area contributed by atoms with Gasteiger partial charge in [0.25, 0.3) is 0 Å². The van der Waals surface area contributed by atoms with E-state index in [1.54, 1.807) is 24.5 Å². The van der Waals surface area contributed by atoms with Gasteiger partial charge in [-0.1, -0.05) is 36.8 Å². The van der Waals surface area contributed by atoms with Crippen LogP contribution in [0.25, 0.3) is 0 Å². The number of amides is 1. The van der Waals surface area contributed by atoms with E-state index in [9.17, 15) is 19.2 Å². The minimum Gasteiger partial charge on any atom is -0.431 e. The van der Waals surface area contributed by atoms with Crippen LogP contribution in [0.2, 0.25) is 0 Å². The number of para-hydroxylation sites is 1. The third kappa shape index (κ3) is 5.07. The quantitative estimate of drug-likeness (QED) is 0.374.